The van der Waals surface area contributed by atoms with Gasteiger partial charge in [-0.05, 0) is 68.3 Å². The molecule has 1 N–H and O–H groups in total. The number of thiazole rings is 1. The highest BCUT2D eigenvalue weighted by Gasteiger charge is 2.33. The van der Waals surface area contributed by atoms with Crippen molar-refractivity contribution in [3.63, 3.8) is 0 Å². The standard InChI is InChI=1S/C24H26N4O2S3/c29-33(30,22-7-4-12-31-22)28(15-17-8-9-17)21-6-3-5-18-13-20(26-23(18)21)24-25-14-19(32-24)16-27-10-1-2-11-27/h3-7,12-14,17,26H,1-2,8-11,15-16H2. The van der Waals surface area contributed by atoms with Crippen LogP contribution in [0.5, 0.6) is 0 Å². The van der Waals surface area contributed by atoms with Crippen LogP contribution in [0.4, 0.5) is 5.69 Å². The van der Waals surface area contributed by atoms with Crippen molar-refractivity contribution in [1.82, 2.24) is 14.9 Å². The van der Waals surface area contributed by atoms with Crippen LogP contribution in [0.15, 0.2) is 52.2 Å². The highest BCUT2D eigenvalue weighted by atomic mass is 32.2. The quantitative estimate of drug-likeness (QED) is 0.346. The van der Waals surface area contributed by atoms with Gasteiger partial charge in [-0.25, -0.2) is 13.4 Å². The number of nitrogens with zero attached hydrogens (tertiary/aromatic N) is 3. The van der Waals surface area contributed by atoms with Crippen LogP contribution in [0, 0.1) is 5.92 Å². The number of hydrogen-bond acceptors (Lipinski definition) is 6. The van der Waals surface area contributed by atoms with Gasteiger partial charge in [0, 0.05) is 29.5 Å². The summed E-state index contributed by atoms with van der Waals surface area (Å²) in [5.74, 6) is 0.427. The van der Waals surface area contributed by atoms with Crippen LogP contribution in [0.3, 0.4) is 0 Å². The molecule has 3 aromatic heterocycles. The summed E-state index contributed by atoms with van der Waals surface area (Å²) in [6, 6.07) is 11.5. The zero-order valence-corrected chi connectivity index (χ0v) is 20.7. The number of para-hydroxylation sites is 1. The molecule has 9 heteroatoms. The minimum absolute atomic E-state index is 0.387. The fourth-order valence-electron chi connectivity index (χ4n) is 4.51. The lowest BCUT2D eigenvalue weighted by atomic mass is 10.2. The Kier molecular flexibility index (Phi) is 5.52. The predicted molar refractivity (Wildman–Crippen MR) is 135 cm³/mol. The van der Waals surface area contributed by atoms with Crippen LogP contribution in [-0.4, -0.2) is 42.9 Å². The van der Waals surface area contributed by atoms with Gasteiger partial charge in [0.05, 0.1) is 16.9 Å². The number of anilines is 1. The van der Waals surface area contributed by atoms with Crippen molar-refractivity contribution < 1.29 is 8.42 Å². The molecule has 0 atom stereocenters. The van der Waals surface area contributed by atoms with Gasteiger partial charge in [0.25, 0.3) is 10.0 Å². The van der Waals surface area contributed by atoms with Gasteiger partial charge >= 0.3 is 0 Å². The fourth-order valence-corrected chi connectivity index (χ4v) is 8.09. The summed E-state index contributed by atoms with van der Waals surface area (Å²) in [6.07, 6.45) is 6.71. The number of fused-ring (bicyclic) bond motifs is 1. The molecule has 4 heterocycles. The second kappa shape index (κ2) is 8.54. The van der Waals surface area contributed by atoms with Crippen LogP contribution in [-0.2, 0) is 16.6 Å². The van der Waals surface area contributed by atoms with Crippen LogP contribution in [0.2, 0.25) is 0 Å². The van der Waals surface area contributed by atoms with E-state index in [0.29, 0.717) is 22.4 Å². The first kappa shape index (κ1) is 21.3. The summed E-state index contributed by atoms with van der Waals surface area (Å²) in [7, 11) is -3.61. The first-order valence-electron chi connectivity index (χ1n) is 11.4. The molecule has 2 aliphatic rings. The number of rotatable bonds is 8. The summed E-state index contributed by atoms with van der Waals surface area (Å²) in [5, 5.41) is 3.76. The van der Waals surface area contributed by atoms with E-state index in [2.05, 4.69) is 20.9 Å². The average Bonchev–Trinajstić information content (AvgIpc) is 3.34. The molecule has 6 rings (SSSR count). The number of aromatic amines is 1. The molecule has 1 aromatic carbocycles. The van der Waals surface area contributed by atoms with E-state index in [0.717, 1.165) is 41.0 Å². The van der Waals surface area contributed by atoms with E-state index >= 15 is 0 Å². The summed E-state index contributed by atoms with van der Waals surface area (Å²) in [5.41, 5.74) is 2.51. The Morgan fingerprint density at radius 2 is 2.00 bits per heavy atom. The maximum atomic E-state index is 13.6. The molecule has 0 bridgehead atoms. The van der Waals surface area contributed by atoms with Gasteiger partial charge in [-0.2, -0.15) is 0 Å². The molecule has 6 nitrogen and oxygen atoms in total. The molecule has 1 saturated carbocycles. The highest BCUT2D eigenvalue weighted by molar-refractivity contribution is 7.94. The Labute approximate surface area is 201 Å². The maximum absolute atomic E-state index is 13.6. The molecule has 1 aliphatic carbocycles. The summed E-state index contributed by atoms with van der Waals surface area (Å²) < 4.78 is 29.1. The lowest BCUT2D eigenvalue weighted by molar-refractivity contribution is 0.334. The normalized spacial score (nSPS) is 17.2. The second-order valence-electron chi connectivity index (χ2n) is 8.95. The van der Waals surface area contributed by atoms with Crippen molar-refractivity contribution in [1.29, 1.82) is 0 Å². The van der Waals surface area contributed by atoms with Crippen LogP contribution in [0.25, 0.3) is 21.6 Å². The molecule has 172 valence electrons. The van der Waals surface area contributed by atoms with Crippen LogP contribution < -0.4 is 4.31 Å². The molecule has 0 spiro atoms. The van der Waals surface area contributed by atoms with Crippen LogP contribution >= 0.6 is 22.7 Å². The van der Waals surface area contributed by atoms with E-state index < -0.39 is 10.0 Å². The SMILES string of the molecule is O=S(=O)(c1cccs1)N(CC1CC1)c1cccc2cc(-c3ncc(CN4CCCC4)s3)[nH]c12. The molecule has 1 saturated heterocycles. The minimum atomic E-state index is -3.61. The fraction of sp³-hybridized carbons (Fsp3) is 0.375. The van der Waals surface area contributed by atoms with E-state index in [1.165, 1.54) is 42.1 Å². The summed E-state index contributed by atoms with van der Waals surface area (Å²) in [4.78, 5) is 11.9. The van der Waals surface area contributed by atoms with E-state index in [4.69, 9.17) is 0 Å². The Morgan fingerprint density at radius 1 is 1.15 bits per heavy atom. The van der Waals surface area contributed by atoms with Crippen LogP contribution in [0.1, 0.15) is 30.6 Å². The van der Waals surface area contributed by atoms with E-state index in [1.807, 2.05) is 29.8 Å². The van der Waals surface area contributed by atoms with Crippen molar-refractivity contribution in [2.24, 2.45) is 5.92 Å². The van der Waals surface area contributed by atoms with Gasteiger partial charge < -0.3 is 4.98 Å². The molecule has 2 fully saturated rings. The van der Waals surface area contributed by atoms with Gasteiger partial charge in [-0.3, -0.25) is 9.21 Å². The zero-order valence-electron chi connectivity index (χ0n) is 18.2. The van der Waals surface area contributed by atoms with Gasteiger partial charge in [0.2, 0.25) is 0 Å². The smallest absolute Gasteiger partial charge is 0.273 e. The van der Waals surface area contributed by atoms with Gasteiger partial charge in [0.1, 0.15) is 9.22 Å². The third-order valence-electron chi connectivity index (χ3n) is 6.43. The van der Waals surface area contributed by atoms with Gasteiger partial charge in [-0.1, -0.05) is 18.2 Å². The lowest BCUT2D eigenvalue weighted by Crippen LogP contribution is -2.32. The minimum Gasteiger partial charge on any atom is -0.351 e. The third-order valence-corrected chi connectivity index (χ3v) is 10.6. The number of hydrogen-bond donors (Lipinski definition) is 1. The number of aromatic nitrogens is 2. The van der Waals surface area contributed by atoms with Gasteiger partial charge in [0.15, 0.2) is 0 Å². The van der Waals surface area contributed by atoms with Crippen molar-refractivity contribution in [2.45, 2.75) is 36.4 Å². The highest BCUT2D eigenvalue weighted by Crippen LogP contribution is 2.39. The second-order valence-corrected chi connectivity index (χ2v) is 13.1. The largest absolute Gasteiger partial charge is 0.351 e. The third kappa shape index (κ3) is 4.23. The first-order chi connectivity index (χ1) is 16.1. The number of H-pyrrole nitrogens is 1. The Hall–Kier alpha value is -2.20. The number of benzene rings is 1. The molecular formula is C24H26N4O2S3. The van der Waals surface area contributed by atoms with Crippen molar-refractivity contribution in [3.05, 3.63) is 52.9 Å². The summed E-state index contributed by atoms with van der Waals surface area (Å²) in [6.45, 7) is 3.80. The number of sulfonamides is 1. The molecule has 0 unspecified atom stereocenters. The van der Waals surface area contributed by atoms with E-state index in [9.17, 15) is 8.42 Å². The average molecular weight is 499 g/mol. The molecule has 0 radical (unpaired) electrons. The van der Waals surface area contributed by atoms with Crippen molar-refractivity contribution in [3.8, 4) is 10.7 Å². The number of nitrogens with one attached hydrogen (secondary N) is 1. The van der Waals surface area contributed by atoms with Crippen molar-refractivity contribution >= 4 is 49.3 Å². The summed E-state index contributed by atoms with van der Waals surface area (Å²) >= 11 is 2.98. The molecule has 4 aromatic rings. The lowest BCUT2D eigenvalue weighted by Gasteiger charge is -2.24. The monoisotopic (exact) mass is 498 g/mol. The van der Waals surface area contributed by atoms with Gasteiger partial charge in [-0.15, -0.1) is 22.7 Å². The Bertz CT molecular complexity index is 1360. The van der Waals surface area contributed by atoms with Crippen molar-refractivity contribution in [2.75, 3.05) is 23.9 Å². The maximum Gasteiger partial charge on any atom is 0.273 e. The Balaban J connectivity index is 1.37. The topological polar surface area (TPSA) is 69.3 Å². The molecule has 0 amide bonds. The van der Waals surface area contributed by atoms with E-state index in [1.54, 1.807) is 27.8 Å². The first-order valence-corrected chi connectivity index (χ1v) is 14.6. The van der Waals surface area contributed by atoms with E-state index in [-0.39, 0.29) is 0 Å². The Morgan fingerprint density at radius 3 is 2.76 bits per heavy atom. The molecule has 33 heavy (non-hydrogen) atoms. The molecule has 1 aliphatic heterocycles. The zero-order chi connectivity index (χ0) is 22.4. The number of likely N-dealkylation sites (tertiary alicyclic amines) is 1. The predicted octanol–water partition coefficient (Wildman–Crippen LogP) is 5.55. The number of thiophene rings is 1. The molecular weight excluding hydrogens is 472 g/mol.